The summed E-state index contributed by atoms with van der Waals surface area (Å²) in [5, 5.41) is 4.45. The van der Waals surface area contributed by atoms with E-state index < -0.39 is 0 Å². The van der Waals surface area contributed by atoms with Gasteiger partial charge in [-0.15, -0.1) is 11.8 Å². The number of hydrogen-bond donors (Lipinski definition) is 1. The zero-order valence-corrected chi connectivity index (χ0v) is 11.4. The molecule has 1 aliphatic heterocycles. The van der Waals surface area contributed by atoms with E-state index in [0.29, 0.717) is 16.6 Å². The molecule has 2 rings (SSSR count). The molecule has 1 saturated heterocycles. The maximum absolute atomic E-state index is 5.64. The van der Waals surface area contributed by atoms with Crippen LogP contribution in [0.15, 0.2) is 30.3 Å². The number of ether oxygens (including phenoxy) is 1. The first kappa shape index (κ1) is 12.9. The average molecular weight is 251 g/mol. The minimum absolute atomic E-state index is 0.392. The van der Waals surface area contributed by atoms with Gasteiger partial charge in [0.15, 0.2) is 0 Å². The predicted octanol–water partition coefficient (Wildman–Crippen LogP) is 2.86. The van der Waals surface area contributed by atoms with Gasteiger partial charge in [-0.05, 0) is 26.0 Å². The summed E-state index contributed by atoms with van der Waals surface area (Å²) in [6.07, 6.45) is 1.57. The molecule has 0 amide bonds. The van der Waals surface area contributed by atoms with E-state index >= 15 is 0 Å². The average Bonchev–Trinajstić information content (AvgIpc) is 2.76. The second-order valence-corrected chi connectivity index (χ2v) is 5.94. The van der Waals surface area contributed by atoms with E-state index in [-0.39, 0.29) is 0 Å². The van der Waals surface area contributed by atoms with Crippen molar-refractivity contribution < 1.29 is 4.74 Å². The Balaban J connectivity index is 2.02. The van der Waals surface area contributed by atoms with Crippen molar-refractivity contribution in [3.63, 3.8) is 0 Å². The molecule has 3 atom stereocenters. The summed E-state index contributed by atoms with van der Waals surface area (Å²) in [7, 11) is 2.02. The van der Waals surface area contributed by atoms with Crippen molar-refractivity contribution >= 4 is 11.8 Å². The molecule has 0 aromatic heterocycles. The van der Waals surface area contributed by atoms with Gasteiger partial charge < -0.3 is 10.1 Å². The highest BCUT2D eigenvalue weighted by molar-refractivity contribution is 8.00. The molecule has 1 fully saturated rings. The number of likely N-dealkylation sites (N-methyl/N-ethyl adjacent to an activating group) is 1. The van der Waals surface area contributed by atoms with Crippen LogP contribution in [0.5, 0.6) is 0 Å². The molecule has 0 spiro atoms. The van der Waals surface area contributed by atoms with Crippen LogP contribution in [0.1, 0.15) is 24.2 Å². The number of benzene rings is 1. The molecule has 1 N–H and O–H groups in total. The monoisotopic (exact) mass is 251 g/mol. The van der Waals surface area contributed by atoms with Crippen molar-refractivity contribution in [2.75, 3.05) is 20.2 Å². The van der Waals surface area contributed by atoms with Gasteiger partial charge in [-0.3, -0.25) is 0 Å². The van der Waals surface area contributed by atoms with Gasteiger partial charge in [0.1, 0.15) is 0 Å². The lowest BCUT2D eigenvalue weighted by Crippen LogP contribution is -2.21. The number of nitrogens with one attached hydrogen (secondary N) is 1. The summed E-state index contributed by atoms with van der Waals surface area (Å²) in [4.78, 5) is 0. The third-order valence-corrected chi connectivity index (χ3v) is 4.94. The largest absolute Gasteiger partial charge is 0.377 e. The number of thioether (sulfide) groups is 1. The third-order valence-electron chi connectivity index (χ3n) is 3.21. The lowest BCUT2D eigenvalue weighted by atomic mass is 10.1. The topological polar surface area (TPSA) is 21.3 Å². The Bertz CT molecular complexity index is 330. The standard InChI is InChI=1S/C14H21NOS/c1-11-13(8-9-16-11)17-14(10-15-2)12-6-4-3-5-7-12/h3-7,11,13-15H,8-10H2,1-2H3. The Morgan fingerprint density at radius 3 is 2.76 bits per heavy atom. The van der Waals surface area contributed by atoms with E-state index in [1.807, 2.05) is 7.05 Å². The third kappa shape index (κ3) is 3.47. The molecule has 1 aromatic carbocycles. The first-order chi connectivity index (χ1) is 8.31. The van der Waals surface area contributed by atoms with E-state index in [2.05, 4.69) is 54.3 Å². The predicted molar refractivity (Wildman–Crippen MR) is 74.5 cm³/mol. The number of rotatable bonds is 5. The van der Waals surface area contributed by atoms with Crippen LogP contribution in [0.3, 0.4) is 0 Å². The van der Waals surface area contributed by atoms with Crippen molar-refractivity contribution in [1.82, 2.24) is 5.32 Å². The Morgan fingerprint density at radius 2 is 2.18 bits per heavy atom. The van der Waals surface area contributed by atoms with Crippen LogP contribution < -0.4 is 5.32 Å². The van der Waals surface area contributed by atoms with Crippen LogP contribution >= 0.6 is 11.8 Å². The minimum atomic E-state index is 0.392. The molecule has 94 valence electrons. The SMILES string of the molecule is CNCC(SC1CCOC1C)c1ccccc1. The van der Waals surface area contributed by atoms with Crippen molar-refractivity contribution in [3.05, 3.63) is 35.9 Å². The van der Waals surface area contributed by atoms with Gasteiger partial charge in [0.2, 0.25) is 0 Å². The molecule has 0 radical (unpaired) electrons. The summed E-state index contributed by atoms with van der Waals surface area (Å²) in [5.74, 6) is 0. The maximum Gasteiger partial charge on any atom is 0.0666 e. The van der Waals surface area contributed by atoms with E-state index in [1.165, 1.54) is 12.0 Å². The molecule has 17 heavy (non-hydrogen) atoms. The van der Waals surface area contributed by atoms with E-state index in [0.717, 1.165) is 13.2 Å². The van der Waals surface area contributed by atoms with Gasteiger partial charge >= 0.3 is 0 Å². The van der Waals surface area contributed by atoms with E-state index in [4.69, 9.17) is 4.74 Å². The molecule has 1 aromatic rings. The van der Waals surface area contributed by atoms with Gasteiger partial charge in [-0.1, -0.05) is 30.3 Å². The van der Waals surface area contributed by atoms with Crippen molar-refractivity contribution in [2.24, 2.45) is 0 Å². The fourth-order valence-electron chi connectivity index (χ4n) is 2.20. The van der Waals surface area contributed by atoms with Gasteiger partial charge in [-0.25, -0.2) is 0 Å². The highest BCUT2D eigenvalue weighted by Crippen LogP contribution is 2.37. The smallest absolute Gasteiger partial charge is 0.0666 e. The van der Waals surface area contributed by atoms with Crippen LogP contribution in [-0.4, -0.2) is 31.6 Å². The zero-order chi connectivity index (χ0) is 12.1. The molecule has 3 heteroatoms. The van der Waals surface area contributed by atoms with Crippen molar-refractivity contribution in [2.45, 2.75) is 29.9 Å². The van der Waals surface area contributed by atoms with Crippen LogP contribution in [0, 0.1) is 0 Å². The summed E-state index contributed by atoms with van der Waals surface area (Å²) < 4.78 is 5.64. The first-order valence-corrected chi connectivity index (χ1v) is 7.22. The summed E-state index contributed by atoms with van der Waals surface area (Å²) >= 11 is 2.05. The summed E-state index contributed by atoms with van der Waals surface area (Å²) in [6.45, 7) is 4.11. The lowest BCUT2D eigenvalue weighted by molar-refractivity contribution is 0.127. The highest BCUT2D eigenvalue weighted by atomic mass is 32.2. The second kappa shape index (κ2) is 6.43. The fraction of sp³-hybridized carbons (Fsp3) is 0.571. The van der Waals surface area contributed by atoms with Crippen molar-refractivity contribution in [3.8, 4) is 0 Å². The fourth-order valence-corrected chi connectivity index (χ4v) is 3.73. The molecular formula is C14H21NOS. The van der Waals surface area contributed by atoms with Crippen LogP contribution in [0.25, 0.3) is 0 Å². The molecule has 1 heterocycles. The second-order valence-electron chi connectivity index (χ2n) is 4.50. The summed E-state index contributed by atoms with van der Waals surface area (Å²) in [6, 6.07) is 10.7. The minimum Gasteiger partial charge on any atom is -0.377 e. The Hall–Kier alpha value is -0.510. The summed E-state index contributed by atoms with van der Waals surface area (Å²) in [5.41, 5.74) is 1.41. The van der Waals surface area contributed by atoms with Crippen LogP contribution in [-0.2, 0) is 4.74 Å². The van der Waals surface area contributed by atoms with Gasteiger partial charge in [0.25, 0.3) is 0 Å². The molecule has 2 nitrogen and oxygen atoms in total. The van der Waals surface area contributed by atoms with Crippen molar-refractivity contribution in [1.29, 1.82) is 0 Å². The Kier molecular flexibility index (Phi) is 4.89. The van der Waals surface area contributed by atoms with Crippen LogP contribution in [0.4, 0.5) is 0 Å². The highest BCUT2D eigenvalue weighted by Gasteiger charge is 2.27. The molecule has 0 saturated carbocycles. The van der Waals surface area contributed by atoms with Crippen LogP contribution in [0.2, 0.25) is 0 Å². The van der Waals surface area contributed by atoms with Gasteiger partial charge in [-0.2, -0.15) is 0 Å². The van der Waals surface area contributed by atoms with E-state index in [9.17, 15) is 0 Å². The Labute approximate surface area is 108 Å². The first-order valence-electron chi connectivity index (χ1n) is 6.28. The zero-order valence-electron chi connectivity index (χ0n) is 10.6. The quantitative estimate of drug-likeness (QED) is 0.869. The molecule has 0 bridgehead atoms. The molecule has 3 unspecified atom stereocenters. The van der Waals surface area contributed by atoms with E-state index in [1.54, 1.807) is 0 Å². The Morgan fingerprint density at radius 1 is 1.41 bits per heavy atom. The molecule has 0 aliphatic carbocycles. The lowest BCUT2D eigenvalue weighted by Gasteiger charge is -2.22. The van der Waals surface area contributed by atoms with Gasteiger partial charge in [0.05, 0.1) is 6.10 Å². The van der Waals surface area contributed by atoms with Gasteiger partial charge in [0, 0.05) is 23.7 Å². The number of hydrogen-bond acceptors (Lipinski definition) is 3. The normalized spacial score (nSPS) is 26.0. The molecular weight excluding hydrogens is 230 g/mol. The maximum atomic E-state index is 5.64. The molecule has 1 aliphatic rings.